The molecule has 0 spiro atoms. The summed E-state index contributed by atoms with van der Waals surface area (Å²) in [6.07, 6.45) is 0. The number of urea groups is 1. The molecule has 0 fully saturated rings. The number of amides is 2. The van der Waals surface area contributed by atoms with Gasteiger partial charge in [-0.05, 0) is 25.6 Å². The first-order valence-electron chi connectivity index (χ1n) is 6.29. The first-order valence-corrected chi connectivity index (χ1v) is 6.29. The maximum atomic E-state index is 11.4. The Morgan fingerprint density at radius 3 is 2.29 bits per heavy atom. The van der Waals surface area contributed by atoms with Gasteiger partial charge in [-0.2, -0.15) is 36.4 Å². The first-order chi connectivity index (χ1) is 9.65. The molecule has 1 radical (unpaired) electrons. The molecule has 0 saturated heterocycles. The van der Waals surface area contributed by atoms with E-state index >= 15 is 0 Å². The third-order valence-electron chi connectivity index (χ3n) is 2.48. The van der Waals surface area contributed by atoms with Gasteiger partial charge in [0.1, 0.15) is 0 Å². The van der Waals surface area contributed by atoms with Gasteiger partial charge < -0.3 is 16.0 Å². The van der Waals surface area contributed by atoms with Gasteiger partial charge in [0.25, 0.3) is 6.03 Å². The third-order valence-corrected chi connectivity index (χ3v) is 2.48. The number of hydrogen-bond donors (Lipinski definition) is 2. The molecule has 109 valence electrons. The minimum absolute atomic E-state index is 0. The van der Waals surface area contributed by atoms with Gasteiger partial charge in [0.15, 0.2) is 0 Å². The molecule has 0 heterocycles. The van der Waals surface area contributed by atoms with Gasteiger partial charge in [-0.25, -0.2) is 0 Å². The molecule has 0 aromatic heterocycles. The van der Waals surface area contributed by atoms with E-state index in [1.54, 1.807) is 12.1 Å². The van der Waals surface area contributed by atoms with Gasteiger partial charge in [-0.15, -0.1) is 0 Å². The number of rotatable bonds is 2. The largest absolute Gasteiger partial charge is 0.477 e. The molecule has 4 nitrogen and oxygen atoms in total. The Balaban J connectivity index is 0.000000480. The quantitative estimate of drug-likeness (QED) is 0.639. The molecule has 0 saturated carbocycles. The Bertz CT molecular complexity index is 493. The molecule has 0 bridgehead atoms. The fourth-order valence-electron chi connectivity index (χ4n) is 1.29. The zero-order chi connectivity index (χ0) is 14.8. The van der Waals surface area contributed by atoms with Gasteiger partial charge in [0.05, 0.1) is 11.4 Å². The number of nitrogens with two attached hydrogens (primary N) is 1. The smallest absolute Gasteiger partial charge is 0.292 e. The molecule has 2 aromatic carbocycles. The number of carbonyl (C=O) groups excluding carboxylic acids is 1. The van der Waals surface area contributed by atoms with E-state index in [0.29, 0.717) is 17.9 Å². The molecule has 2 amide bonds. The van der Waals surface area contributed by atoms with Crippen molar-refractivity contribution in [1.82, 2.24) is 4.90 Å². The van der Waals surface area contributed by atoms with E-state index in [2.05, 4.69) is 18.4 Å². The van der Waals surface area contributed by atoms with Crippen molar-refractivity contribution in [3.8, 4) is 0 Å². The molecule has 2 rings (SSSR count). The summed E-state index contributed by atoms with van der Waals surface area (Å²) in [5, 5.41) is 2.66. The number of anilines is 2. The second kappa shape index (κ2) is 11.3. The van der Waals surface area contributed by atoms with Crippen LogP contribution in [0.5, 0.6) is 0 Å². The molecule has 0 aliphatic rings. The van der Waals surface area contributed by atoms with Gasteiger partial charge >= 0.3 is 0 Å². The topological polar surface area (TPSA) is 58.4 Å². The minimum atomic E-state index is -0.259. The standard InChI is InChI=1S/C10H14N3O.C6H5.Y/c1-3-13(2)10(14)12-9-7-5-4-6-8(9)11;1-2-4-6-5-3-1;/h4-7H,2-3,11H2,1H3,(H,12,14);1-5H;/q2*-1;. The summed E-state index contributed by atoms with van der Waals surface area (Å²) in [6.45, 7) is 2.40. The Hall–Kier alpha value is -1.39. The summed E-state index contributed by atoms with van der Waals surface area (Å²) in [5.41, 5.74) is 6.81. The van der Waals surface area contributed by atoms with E-state index in [1.165, 1.54) is 4.90 Å². The maximum absolute atomic E-state index is 11.4. The molecule has 2 aromatic rings. The number of nitrogens with one attached hydrogen (secondary N) is 1. The van der Waals surface area contributed by atoms with Crippen LogP contribution in [0.15, 0.2) is 54.6 Å². The molecular formula is C16H19N3OY-2. The zero-order valence-corrected chi connectivity index (χ0v) is 15.0. The van der Waals surface area contributed by atoms with Gasteiger partial charge in [0.2, 0.25) is 0 Å². The summed E-state index contributed by atoms with van der Waals surface area (Å²) < 4.78 is 0. The van der Waals surface area contributed by atoms with Crippen LogP contribution in [0.1, 0.15) is 6.92 Å². The average Bonchev–Trinajstić information content (AvgIpc) is 2.51. The first kappa shape index (κ1) is 19.6. The predicted molar refractivity (Wildman–Crippen MR) is 82.9 cm³/mol. The predicted octanol–water partition coefficient (Wildman–Crippen LogP) is 3.40. The van der Waals surface area contributed by atoms with E-state index < -0.39 is 0 Å². The number of benzene rings is 2. The molecular weight excluding hydrogens is 339 g/mol. The second-order valence-corrected chi connectivity index (χ2v) is 3.95. The van der Waals surface area contributed by atoms with Crippen LogP contribution in [0.2, 0.25) is 0 Å². The van der Waals surface area contributed by atoms with Crippen molar-refractivity contribution >= 4 is 17.4 Å². The van der Waals surface area contributed by atoms with Crippen LogP contribution in [-0.2, 0) is 32.7 Å². The van der Waals surface area contributed by atoms with Crippen LogP contribution in [0, 0.1) is 13.1 Å². The number of carbonyl (C=O) groups is 1. The summed E-state index contributed by atoms with van der Waals surface area (Å²) in [6, 6.07) is 19.3. The Morgan fingerprint density at radius 1 is 1.24 bits per heavy atom. The van der Waals surface area contributed by atoms with Crippen molar-refractivity contribution in [3.05, 3.63) is 67.7 Å². The number of hydrogen-bond acceptors (Lipinski definition) is 2. The molecule has 21 heavy (non-hydrogen) atoms. The molecule has 0 aliphatic heterocycles. The number of para-hydroxylation sites is 2. The van der Waals surface area contributed by atoms with Crippen LogP contribution in [-0.4, -0.2) is 17.5 Å². The molecule has 0 atom stereocenters. The van der Waals surface area contributed by atoms with Crippen LogP contribution in [0.25, 0.3) is 0 Å². The van der Waals surface area contributed by atoms with Crippen molar-refractivity contribution in [3.63, 3.8) is 0 Å². The van der Waals surface area contributed by atoms with Crippen molar-refractivity contribution in [2.75, 3.05) is 17.6 Å². The van der Waals surface area contributed by atoms with E-state index in [4.69, 9.17) is 5.73 Å². The van der Waals surface area contributed by atoms with Gasteiger partial charge in [0, 0.05) is 32.7 Å². The summed E-state index contributed by atoms with van der Waals surface area (Å²) in [4.78, 5) is 12.7. The van der Waals surface area contributed by atoms with Crippen LogP contribution < -0.4 is 11.1 Å². The van der Waals surface area contributed by atoms with Gasteiger partial charge in [-0.3, -0.25) is 11.8 Å². The Morgan fingerprint density at radius 2 is 1.86 bits per heavy atom. The van der Waals surface area contributed by atoms with Crippen molar-refractivity contribution in [1.29, 1.82) is 0 Å². The van der Waals surface area contributed by atoms with Crippen LogP contribution >= 0.6 is 0 Å². The molecule has 0 aliphatic carbocycles. The number of nitrogens with zero attached hydrogens (tertiary/aromatic N) is 1. The second-order valence-electron chi connectivity index (χ2n) is 3.95. The monoisotopic (exact) mass is 358 g/mol. The van der Waals surface area contributed by atoms with Crippen LogP contribution in [0.3, 0.4) is 0 Å². The maximum Gasteiger partial charge on any atom is 0.292 e. The van der Waals surface area contributed by atoms with E-state index in [9.17, 15) is 4.79 Å². The van der Waals surface area contributed by atoms with Crippen molar-refractivity contribution in [2.24, 2.45) is 0 Å². The summed E-state index contributed by atoms with van der Waals surface area (Å²) in [5.74, 6) is 0. The van der Waals surface area contributed by atoms with E-state index in [0.717, 1.165) is 0 Å². The summed E-state index contributed by atoms with van der Waals surface area (Å²) >= 11 is 0. The van der Waals surface area contributed by atoms with Crippen molar-refractivity contribution < 1.29 is 37.5 Å². The summed E-state index contributed by atoms with van der Waals surface area (Å²) in [7, 11) is 3.56. The minimum Gasteiger partial charge on any atom is -0.477 e. The van der Waals surface area contributed by atoms with Gasteiger partial charge in [-0.1, -0.05) is 12.1 Å². The zero-order valence-electron chi connectivity index (χ0n) is 12.1. The molecule has 0 unspecified atom stereocenters. The molecule has 5 heteroatoms. The Kier molecular flexibility index (Phi) is 10.5. The fraction of sp³-hybridized carbons (Fsp3) is 0.125. The average molecular weight is 358 g/mol. The van der Waals surface area contributed by atoms with Crippen LogP contribution in [0.4, 0.5) is 16.2 Å². The normalized spacial score (nSPS) is 8.67. The van der Waals surface area contributed by atoms with E-state index in [1.807, 2.05) is 49.4 Å². The Labute approximate surface area is 151 Å². The number of nitrogen functional groups attached to an aromatic ring is 1. The van der Waals surface area contributed by atoms with Crippen molar-refractivity contribution in [2.45, 2.75) is 6.92 Å². The van der Waals surface area contributed by atoms with E-state index in [-0.39, 0.29) is 38.7 Å². The fourth-order valence-corrected chi connectivity index (χ4v) is 1.29. The third kappa shape index (κ3) is 7.83. The molecule has 3 N–H and O–H groups in total. The SMILES string of the molecule is [CH2-]N(CC)C(=O)Nc1ccccc1N.[Y].[c-]1ccccc1.